The fourth-order valence-electron chi connectivity index (χ4n) is 7.75. The Morgan fingerprint density at radius 1 is 0.585 bits per heavy atom. The molecule has 364 valence electrons. The first-order valence-electron chi connectivity index (χ1n) is 23.5. The van der Waals surface area contributed by atoms with Gasteiger partial charge in [0, 0.05) is 23.5 Å². The molecular weight excluding hydrogens is 833 g/mol. The van der Waals surface area contributed by atoms with Gasteiger partial charge in [0.15, 0.2) is 0 Å². The molecule has 0 radical (unpaired) electrons. The topological polar surface area (TPSA) is 244 Å². The number of carbonyl (C=O) groups is 7. The lowest BCUT2D eigenvalue weighted by atomic mass is 10.0. The highest BCUT2D eigenvalue weighted by atomic mass is 16.5. The number of aromatic amines is 1. The zero-order chi connectivity index (χ0) is 48.1. The number of esters is 1. The van der Waals surface area contributed by atoms with Crippen LogP contribution in [0.2, 0.25) is 0 Å². The van der Waals surface area contributed by atoms with Crippen LogP contribution in [0.15, 0.2) is 30.5 Å². The maximum atomic E-state index is 13.7. The molecule has 1 saturated heterocycles. The standard InChI is InChI=1S/C47H78N10O8/c1-29(2)23-37(53-41(58)28-57-21-13-19-48-17-12-18-49-20-14-22-57)44(61)51-32(7)42(59)54-38(24-30(3)4)45(62)52-33(8)43(60)55-39(25-31(5)6)46(63)56-40(47(64)65-9)26-34-27-50-36-16-11-10-15-35(34)36/h10-11,15-16,27,29-33,37-40,48-50H,12-14,17-26,28H2,1-9H3,(H,51,61)(H,52,62)(H,53,58)(H,54,59)(H,55,60)(H,56,63)/t32-,33-,37-,38-,39-,40-/m0/s1. The molecule has 1 aromatic heterocycles. The Labute approximate surface area is 385 Å². The molecule has 0 spiro atoms. The van der Waals surface area contributed by atoms with Gasteiger partial charge in [-0.05, 0) is 121 Å². The third kappa shape index (κ3) is 19.5. The van der Waals surface area contributed by atoms with Gasteiger partial charge in [0.2, 0.25) is 35.4 Å². The summed E-state index contributed by atoms with van der Waals surface area (Å²) in [5, 5.41) is 24.3. The number of H-pyrrole nitrogens is 1. The predicted molar refractivity (Wildman–Crippen MR) is 251 cm³/mol. The molecule has 0 saturated carbocycles. The minimum Gasteiger partial charge on any atom is -0.467 e. The van der Waals surface area contributed by atoms with Crippen LogP contribution in [0.25, 0.3) is 10.9 Å². The molecule has 3 rings (SSSR count). The van der Waals surface area contributed by atoms with E-state index in [9.17, 15) is 33.6 Å². The smallest absolute Gasteiger partial charge is 0.328 e. The van der Waals surface area contributed by atoms with Crippen LogP contribution < -0.4 is 42.5 Å². The lowest BCUT2D eigenvalue weighted by Crippen LogP contribution is -2.59. The molecule has 0 aliphatic carbocycles. The summed E-state index contributed by atoms with van der Waals surface area (Å²) in [6.07, 6.45) is 5.62. The van der Waals surface area contributed by atoms with Gasteiger partial charge in [-0.2, -0.15) is 0 Å². The Hall–Kier alpha value is -5.07. The summed E-state index contributed by atoms with van der Waals surface area (Å²) >= 11 is 0. The molecule has 18 heteroatoms. The highest BCUT2D eigenvalue weighted by molar-refractivity contribution is 5.97. The summed E-state index contributed by atoms with van der Waals surface area (Å²) < 4.78 is 5.02. The van der Waals surface area contributed by atoms with Crippen molar-refractivity contribution in [2.75, 3.05) is 52.9 Å². The van der Waals surface area contributed by atoms with Gasteiger partial charge in [0.25, 0.3) is 0 Å². The van der Waals surface area contributed by atoms with Crippen molar-refractivity contribution >= 4 is 52.3 Å². The van der Waals surface area contributed by atoms with Gasteiger partial charge in [0.1, 0.15) is 36.3 Å². The van der Waals surface area contributed by atoms with Crippen molar-refractivity contribution in [3.05, 3.63) is 36.0 Å². The van der Waals surface area contributed by atoms with E-state index in [1.54, 1.807) is 6.20 Å². The molecule has 1 aromatic carbocycles. The molecule has 65 heavy (non-hydrogen) atoms. The number of ether oxygens (including phenoxy) is 1. The number of benzene rings is 1. The quantitative estimate of drug-likeness (QED) is 0.0770. The van der Waals surface area contributed by atoms with Gasteiger partial charge in [-0.3, -0.25) is 33.7 Å². The number of nitrogens with zero attached hydrogens (tertiary/aromatic N) is 1. The first-order chi connectivity index (χ1) is 30.9. The van der Waals surface area contributed by atoms with Crippen LogP contribution in [0.3, 0.4) is 0 Å². The zero-order valence-electron chi connectivity index (χ0n) is 40.2. The molecule has 2 heterocycles. The molecule has 9 N–H and O–H groups in total. The average Bonchev–Trinajstić information content (AvgIpc) is 3.65. The van der Waals surface area contributed by atoms with Gasteiger partial charge in [-0.15, -0.1) is 0 Å². The van der Waals surface area contributed by atoms with E-state index in [1.165, 1.54) is 21.0 Å². The molecule has 0 bridgehead atoms. The van der Waals surface area contributed by atoms with Crippen molar-refractivity contribution in [2.24, 2.45) is 17.8 Å². The number of rotatable bonds is 22. The van der Waals surface area contributed by atoms with E-state index in [0.29, 0.717) is 6.42 Å². The van der Waals surface area contributed by atoms with E-state index in [1.807, 2.05) is 65.8 Å². The largest absolute Gasteiger partial charge is 0.467 e. The summed E-state index contributed by atoms with van der Waals surface area (Å²) in [4.78, 5) is 99.7. The van der Waals surface area contributed by atoms with Crippen molar-refractivity contribution < 1.29 is 38.3 Å². The molecule has 6 amide bonds. The minimum atomic E-state index is -1.12. The van der Waals surface area contributed by atoms with Crippen molar-refractivity contribution in [1.82, 2.24) is 52.4 Å². The van der Waals surface area contributed by atoms with E-state index < -0.39 is 71.8 Å². The van der Waals surface area contributed by atoms with Crippen LogP contribution in [0, 0.1) is 17.8 Å². The van der Waals surface area contributed by atoms with E-state index >= 15 is 0 Å². The van der Waals surface area contributed by atoms with Gasteiger partial charge < -0.3 is 52.3 Å². The van der Waals surface area contributed by atoms with Crippen LogP contribution in [0.1, 0.15) is 99.5 Å². The number of amides is 6. The van der Waals surface area contributed by atoms with Crippen LogP contribution in [-0.2, 0) is 44.7 Å². The van der Waals surface area contributed by atoms with E-state index in [0.717, 1.165) is 75.0 Å². The number of methoxy groups -OCH3 is 1. The first-order valence-corrected chi connectivity index (χ1v) is 23.5. The van der Waals surface area contributed by atoms with Gasteiger partial charge >= 0.3 is 5.97 Å². The highest BCUT2D eigenvalue weighted by Gasteiger charge is 2.33. The lowest BCUT2D eigenvalue weighted by Gasteiger charge is -2.27. The minimum absolute atomic E-state index is 0.0281. The molecule has 1 aliphatic rings. The first kappa shape index (κ1) is 54.3. The Bertz CT molecular complexity index is 1840. The van der Waals surface area contributed by atoms with Crippen molar-refractivity contribution in [3.63, 3.8) is 0 Å². The SMILES string of the molecule is COC(=O)[C@H](Cc1c[nH]c2ccccc12)NC(=O)[C@H](CC(C)C)NC(=O)[C@H](C)NC(=O)[C@H](CC(C)C)NC(=O)[C@H](C)NC(=O)[C@H](CC(C)C)NC(=O)CN1CCCNCCCNCCC1. The molecule has 18 nitrogen and oxygen atoms in total. The summed E-state index contributed by atoms with van der Waals surface area (Å²) in [5.74, 6) is -3.90. The normalized spacial score (nSPS) is 17.0. The number of carbonyl (C=O) groups excluding carboxylic acids is 7. The fraction of sp³-hybridized carbons (Fsp3) is 0.681. The summed E-state index contributed by atoms with van der Waals surface area (Å²) in [5.41, 5.74) is 1.68. The van der Waals surface area contributed by atoms with Crippen LogP contribution in [0.5, 0.6) is 0 Å². The average molecular weight is 911 g/mol. The number of fused-ring (bicyclic) bond motifs is 1. The summed E-state index contributed by atoms with van der Waals surface area (Å²) in [6.45, 7) is 19.7. The van der Waals surface area contributed by atoms with Crippen LogP contribution in [0.4, 0.5) is 0 Å². The second kappa shape index (κ2) is 28.1. The third-order valence-corrected chi connectivity index (χ3v) is 11.2. The summed E-state index contributed by atoms with van der Waals surface area (Å²) in [7, 11) is 1.24. The van der Waals surface area contributed by atoms with Crippen LogP contribution >= 0.6 is 0 Å². The number of nitrogens with one attached hydrogen (secondary N) is 9. The van der Waals surface area contributed by atoms with Gasteiger partial charge in [-0.1, -0.05) is 59.7 Å². The number of para-hydroxylation sites is 1. The van der Waals surface area contributed by atoms with Crippen molar-refractivity contribution in [1.29, 1.82) is 0 Å². The third-order valence-electron chi connectivity index (χ3n) is 11.2. The van der Waals surface area contributed by atoms with Crippen molar-refractivity contribution in [3.8, 4) is 0 Å². The summed E-state index contributed by atoms with van der Waals surface area (Å²) in [6, 6.07) is 1.38. The maximum Gasteiger partial charge on any atom is 0.328 e. The fourth-order valence-corrected chi connectivity index (χ4v) is 7.75. The van der Waals surface area contributed by atoms with Crippen molar-refractivity contribution in [2.45, 2.75) is 137 Å². The molecular formula is C47H78N10O8. The van der Waals surface area contributed by atoms with Gasteiger partial charge in [-0.25, -0.2) is 4.79 Å². The lowest BCUT2D eigenvalue weighted by molar-refractivity contribution is -0.145. The Balaban J connectivity index is 1.62. The predicted octanol–water partition coefficient (Wildman–Crippen LogP) is 1.64. The zero-order valence-corrected chi connectivity index (χ0v) is 40.2. The van der Waals surface area contributed by atoms with E-state index in [2.05, 4.69) is 52.4 Å². The maximum absolute atomic E-state index is 13.7. The Morgan fingerprint density at radius 2 is 1.03 bits per heavy atom. The molecule has 0 unspecified atom stereocenters. The molecule has 1 aliphatic heterocycles. The molecule has 2 aromatic rings. The Morgan fingerprint density at radius 3 is 1.52 bits per heavy atom. The van der Waals surface area contributed by atoms with Crippen LogP contribution in [-0.4, -0.2) is 140 Å². The van der Waals surface area contributed by atoms with Gasteiger partial charge in [0.05, 0.1) is 13.7 Å². The number of aromatic nitrogens is 1. The Kier molecular flexibility index (Phi) is 23.4. The van der Waals surface area contributed by atoms with E-state index in [-0.39, 0.29) is 49.5 Å². The number of hydrogen-bond acceptors (Lipinski definition) is 11. The highest BCUT2D eigenvalue weighted by Crippen LogP contribution is 2.20. The van der Waals surface area contributed by atoms with E-state index in [4.69, 9.17) is 4.74 Å². The molecule has 6 atom stereocenters. The number of hydrogen-bond donors (Lipinski definition) is 9. The second-order valence-corrected chi connectivity index (χ2v) is 18.6. The monoisotopic (exact) mass is 911 g/mol. The second-order valence-electron chi connectivity index (χ2n) is 18.6. The molecule has 1 fully saturated rings.